The Bertz CT molecular complexity index is 246. The Balaban J connectivity index is 2.31. The minimum Gasteiger partial charge on any atom is -0.352 e. The van der Waals surface area contributed by atoms with E-state index in [0.29, 0.717) is 17.5 Å². The van der Waals surface area contributed by atoms with Crippen molar-refractivity contribution < 1.29 is 4.79 Å². The second-order valence-corrected chi connectivity index (χ2v) is 5.66. The first-order valence-corrected chi connectivity index (χ1v) is 6.47. The SMILES string of the molecule is CCC(CC)NC(=O)C(C)NC1CC1(C)C. The van der Waals surface area contributed by atoms with Gasteiger partial charge in [-0.05, 0) is 31.6 Å². The highest BCUT2D eigenvalue weighted by atomic mass is 16.2. The molecule has 0 aromatic carbocycles. The molecular weight excluding hydrogens is 200 g/mol. The summed E-state index contributed by atoms with van der Waals surface area (Å²) in [5, 5.41) is 6.46. The summed E-state index contributed by atoms with van der Waals surface area (Å²) in [7, 11) is 0. The van der Waals surface area contributed by atoms with Crippen LogP contribution in [0.25, 0.3) is 0 Å². The molecule has 1 saturated carbocycles. The molecule has 1 aliphatic rings. The first-order valence-electron chi connectivity index (χ1n) is 6.47. The predicted octanol–water partition coefficient (Wildman–Crippen LogP) is 2.07. The van der Waals surface area contributed by atoms with Gasteiger partial charge in [0.25, 0.3) is 0 Å². The molecule has 0 aliphatic heterocycles. The van der Waals surface area contributed by atoms with Gasteiger partial charge in [0.05, 0.1) is 6.04 Å². The van der Waals surface area contributed by atoms with Gasteiger partial charge < -0.3 is 10.6 Å². The zero-order chi connectivity index (χ0) is 12.3. The van der Waals surface area contributed by atoms with Crippen LogP contribution < -0.4 is 10.6 Å². The fourth-order valence-corrected chi connectivity index (χ4v) is 1.95. The van der Waals surface area contributed by atoms with E-state index in [9.17, 15) is 4.79 Å². The van der Waals surface area contributed by atoms with Crippen molar-refractivity contribution in [1.82, 2.24) is 10.6 Å². The summed E-state index contributed by atoms with van der Waals surface area (Å²) < 4.78 is 0. The highest BCUT2D eigenvalue weighted by Gasteiger charge is 2.46. The largest absolute Gasteiger partial charge is 0.352 e. The van der Waals surface area contributed by atoms with Crippen LogP contribution in [-0.2, 0) is 4.79 Å². The van der Waals surface area contributed by atoms with E-state index in [1.807, 2.05) is 6.92 Å². The maximum atomic E-state index is 11.9. The Kier molecular flexibility index (Phi) is 4.36. The lowest BCUT2D eigenvalue weighted by Crippen LogP contribution is -2.47. The molecule has 2 N–H and O–H groups in total. The number of carbonyl (C=O) groups excluding carboxylic acids is 1. The monoisotopic (exact) mass is 226 g/mol. The zero-order valence-corrected chi connectivity index (χ0v) is 11.3. The normalized spacial score (nSPS) is 24.2. The van der Waals surface area contributed by atoms with E-state index in [1.54, 1.807) is 0 Å². The highest BCUT2D eigenvalue weighted by Crippen LogP contribution is 2.44. The Morgan fingerprint density at radius 2 is 1.88 bits per heavy atom. The van der Waals surface area contributed by atoms with Crippen LogP contribution in [-0.4, -0.2) is 24.0 Å². The molecule has 1 rings (SSSR count). The number of nitrogens with one attached hydrogen (secondary N) is 2. The molecule has 2 atom stereocenters. The number of carbonyl (C=O) groups is 1. The third-order valence-corrected chi connectivity index (χ3v) is 3.69. The van der Waals surface area contributed by atoms with Crippen LogP contribution in [0.5, 0.6) is 0 Å². The average molecular weight is 226 g/mol. The second-order valence-electron chi connectivity index (χ2n) is 5.66. The first-order chi connectivity index (χ1) is 7.40. The van der Waals surface area contributed by atoms with Crippen molar-refractivity contribution >= 4 is 5.91 Å². The predicted molar refractivity (Wildman–Crippen MR) is 67.3 cm³/mol. The van der Waals surface area contributed by atoms with Gasteiger partial charge >= 0.3 is 0 Å². The summed E-state index contributed by atoms with van der Waals surface area (Å²) in [6.07, 6.45) is 3.18. The van der Waals surface area contributed by atoms with Gasteiger partial charge in [0.1, 0.15) is 0 Å². The molecule has 0 bridgehead atoms. The van der Waals surface area contributed by atoms with Crippen molar-refractivity contribution in [3.8, 4) is 0 Å². The van der Waals surface area contributed by atoms with Gasteiger partial charge in [-0.3, -0.25) is 4.79 Å². The molecule has 2 unspecified atom stereocenters. The third kappa shape index (κ3) is 3.48. The zero-order valence-electron chi connectivity index (χ0n) is 11.3. The van der Waals surface area contributed by atoms with E-state index in [0.717, 1.165) is 12.8 Å². The molecule has 16 heavy (non-hydrogen) atoms. The molecule has 1 fully saturated rings. The van der Waals surface area contributed by atoms with E-state index >= 15 is 0 Å². The topological polar surface area (TPSA) is 41.1 Å². The molecule has 3 nitrogen and oxygen atoms in total. The lowest BCUT2D eigenvalue weighted by atomic mass is 10.1. The van der Waals surface area contributed by atoms with E-state index in [-0.39, 0.29) is 11.9 Å². The molecule has 0 heterocycles. The Morgan fingerprint density at radius 3 is 2.25 bits per heavy atom. The van der Waals surface area contributed by atoms with Gasteiger partial charge in [0.15, 0.2) is 0 Å². The van der Waals surface area contributed by atoms with Crippen molar-refractivity contribution in [3.05, 3.63) is 0 Å². The molecule has 0 aromatic rings. The average Bonchev–Trinajstić information content (AvgIpc) is 2.81. The number of hydrogen-bond donors (Lipinski definition) is 2. The quantitative estimate of drug-likeness (QED) is 0.728. The summed E-state index contributed by atoms with van der Waals surface area (Å²) in [6.45, 7) is 10.6. The maximum absolute atomic E-state index is 11.9. The van der Waals surface area contributed by atoms with Crippen LogP contribution in [0.3, 0.4) is 0 Å². The van der Waals surface area contributed by atoms with Crippen molar-refractivity contribution in [3.63, 3.8) is 0 Å². The van der Waals surface area contributed by atoms with Gasteiger partial charge in [0, 0.05) is 12.1 Å². The molecule has 1 amide bonds. The minimum atomic E-state index is -0.0765. The highest BCUT2D eigenvalue weighted by molar-refractivity contribution is 5.81. The molecule has 3 heteroatoms. The molecule has 0 saturated heterocycles. The molecule has 0 radical (unpaired) electrons. The summed E-state index contributed by atoms with van der Waals surface area (Å²) in [4.78, 5) is 11.9. The minimum absolute atomic E-state index is 0.0765. The lowest BCUT2D eigenvalue weighted by molar-refractivity contribution is -0.123. The second kappa shape index (κ2) is 5.17. The molecule has 94 valence electrons. The maximum Gasteiger partial charge on any atom is 0.237 e. The van der Waals surface area contributed by atoms with Crippen LogP contribution in [0.4, 0.5) is 0 Å². The smallest absolute Gasteiger partial charge is 0.237 e. The van der Waals surface area contributed by atoms with Crippen molar-refractivity contribution in [2.24, 2.45) is 5.41 Å². The van der Waals surface area contributed by atoms with Gasteiger partial charge in [-0.25, -0.2) is 0 Å². The summed E-state index contributed by atoms with van der Waals surface area (Å²) in [5.41, 5.74) is 0.378. The van der Waals surface area contributed by atoms with Crippen LogP contribution in [0.2, 0.25) is 0 Å². The summed E-state index contributed by atoms with van der Waals surface area (Å²) >= 11 is 0. The molecule has 0 spiro atoms. The van der Waals surface area contributed by atoms with Gasteiger partial charge in [0.2, 0.25) is 5.91 Å². The first kappa shape index (κ1) is 13.5. The standard InChI is InChI=1S/C13H26N2O/c1-6-10(7-2)15-12(16)9(3)14-11-8-13(11,4)5/h9-11,14H,6-8H2,1-5H3,(H,15,16). The van der Waals surface area contributed by atoms with Gasteiger partial charge in [-0.1, -0.05) is 27.7 Å². The summed E-state index contributed by atoms with van der Waals surface area (Å²) in [6, 6.07) is 0.756. The van der Waals surface area contributed by atoms with Crippen molar-refractivity contribution in [2.75, 3.05) is 0 Å². The van der Waals surface area contributed by atoms with Gasteiger partial charge in [-0.2, -0.15) is 0 Å². The van der Waals surface area contributed by atoms with Crippen molar-refractivity contribution in [2.45, 2.75) is 72.0 Å². The number of hydrogen-bond acceptors (Lipinski definition) is 2. The molecular formula is C13H26N2O. The van der Waals surface area contributed by atoms with E-state index < -0.39 is 0 Å². The van der Waals surface area contributed by atoms with Crippen LogP contribution in [0, 0.1) is 5.41 Å². The Hall–Kier alpha value is -0.570. The third-order valence-electron chi connectivity index (χ3n) is 3.69. The molecule has 1 aliphatic carbocycles. The van der Waals surface area contributed by atoms with Crippen LogP contribution in [0.15, 0.2) is 0 Å². The van der Waals surface area contributed by atoms with Crippen LogP contribution in [0.1, 0.15) is 53.9 Å². The Labute approximate surface area is 99.4 Å². The fraction of sp³-hybridized carbons (Fsp3) is 0.923. The summed E-state index contributed by atoms with van der Waals surface area (Å²) in [5.74, 6) is 0.136. The lowest BCUT2D eigenvalue weighted by Gasteiger charge is -2.20. The van der Waals surface area contributed by atoms with Gasteiger partial charge in [-0.15, -0.1) is 0 Å². The Morgan fingerprint density at radius 1 is 1.38 bits per heavy atom. The molecule has 0 aromatic heterocycles. The fourth-order valence-electron chi connectivity index (χ4n) is 1.95. The van der Waals surface area contributed by atoms with E-state index in [1.165, 1.54) is 6.42 Å². The number of rotatable bonds is 6. The number of amides is 1. The van der Waals surface area contributed by atoms with Crippen LogP contribution >= 0.6 is 0 Å². The van der Waals surface area contributed by atoms with Crippen molar-refractivity contribution in [1.29, 1.82) is 0 Å². The van der Waals surface area contributed by atoms with E-state index in [2.05, 4.69) is 38.3 Å². The van der Waals surface area contributed by atoms with E-state index in [4.69, 9.17) is 0 Å².